The minimum absolute atomic E-state index is 0.0130. The van der Waals surface area contributed by atoms with E-state index in [4.69, 9.17) is 9.47 Å². The highest BCUT2D eigenvalue weighted by atomic mass is 16.5. The van der Waals surface area contributed by atoms with Crippen molar-refractivity contribution in [1.29, 1.82) is 0 Å². The van der Waals surface area contributed by atoms with Crippen LogP contribution in [0.3, 0.4) is 0 Å². The van der Waals surface area contributed by atoms with Gasteiger partial charge in [0.25, 0.3) is 5.91 Å². The van der Waals surface area contributed by atoms with Gasteiger partial charge in [0.1, 0.15) is 12.3 Å². The molecule has 0 saturated carbocycles. The van der Waals surface area contributed by atoms with Crippen LogP contribution in [0.5, 0.6) is 11.5 Å². The minimum Gasteiger partial charge on any atom is -0.493 e. The number of pyridine rings is 1. The van der Waals surface area contributed by atoms with Crippen LogP contribution in [0.4, 0.5) is 0 Å². The van der Waals surface area contributed by atoms with Gasteiger partial charge >= 0.3 is 0 Å². The molecular weight excluding hydrogens is 388 g/mol. The van der Waals surface area contributed by atoms with Crippen molar-refractivity contribution in [3.63, 3.8) is 0 Å². The van der Waals surface area contributed by atoms with Gasteiger partial charge < -0.3 is 14.4 Å². The first-order chi connectivity index (χ1) is 15.1. The number of aromatic nitrogens is 1. The van der Waals surface area contributed by atoms with E-state index in [1.165, 1.54) is 5.56 Å². The number of amides is 1. The number of carbonyl (C=O) groups is 1. The topological polar surface area (TPSA) is 51.7 Å². The predicted molar refractivity (Wildman–Crippen MR) is 121 cm³/mol. The number of rotatable bonds is 7. The van der Waals surface area contributed by atoms with Crippen molar-refractivity contribution in [3.8, 4) is 11.5 Å². The smallest absolute Gasteiger partial charge is 0.272 e. The van der Waals surface area contributed by atoms with Crippen LogP contribution in [-0.4, -0.2) is 36.0 Å². The second kappa shape index (κ2) is 9.21. The van der Waals surface area contributed by atoms with E-state index >= 15 is 0 Å². The van der Waals surface area contributed by atoms with Crippen molar-refractivity contribution >= 4 is 5.91 Å². The predicted octanol–water partition coefficient (Wildman–Crippen LogP) is 4.78. The highest BCUT2D eigenvalue weighted by molar-refractivity contribution is 5.93. The van der Waals surface area contributed by atoms with Gasteiger partial charge in [-0.1, -0.05) is 37.3 Å². The minimum atomic E-state index is -0.0130. The molecule has 1 aliphatic rings. The second-order valence-electron chi connectivity index (χ2n) is 7.99. The van der Waals surface area contributed by atoms with Crippen molar-refractivity contribution in [2.75, 3.05) is 20.2 Å². The lowest BCUT2D eigenvalue weighted by molar-refractivity contribution is 0.0596. The fourth-order valence-electron chi connectivity index (χ4n) is 3.76. The van der Waals surface area contributed by atoms with E-state index in [0.717, 1.165) is 28.9 Å². The summed E-state index contributed by atoms with van der Waals surface area (Å²) in [6, 6.07) is 18.2. The van der Waals surface area contributed by atoms with Gasteiger partial charge in [-0.05, 0) is 59.9 Å². The Labute approximate surface area is 183 Å². The van der Waals surface area contributed by atoms with E-state index < -0.39 is 0 Å². The molecule has 0 atom stereocenters. The zero-order chi connectivity index (χ0) is 21.8. The van der Waals surface area contributed by atoms with E-state index in [9.17, 15) is 4.79 Å². The van der Waals surface area contributed by atoms with Gasteiger partial charge in [0, 0.05) is 25.2 Å². The average Bonchev–Trinajstić information content (AvgIpc) is 2.77. The molecule has 0 spiro atoms. The highest BCUT2D eigenvalue weighted by Gasteiger charge is 2.33. The normalized spacial score (nSPS) is 13.6. The molecule has 31 heavy (non-hydrogen) atoms. The van der Waals surface area contributed by atoms with Gasteiger partial charge in [-0.15, -0.1) is 0 Å². The summed E-state index contributed by atoms with van der Waals surface area (Å²) in [6.45, 7) is 5.97. The van der Waals surface area contributed by atoms with Gasteiger partial charge in [0.05, 0.1) is 7.11 Å². The Morgan fingerprint density at radius 1 is 1.03 bits per heavy atom. The summed E-state index contributed by atoms with van der Waals surface area (Å²) in [5.74, 6) is 1.72. The van der Waals surface area contributed by atoms with E-state index in [2.05, 4.69) is 42.2 Å². The molecule has 5 heteroatoms. The van der Waals surface area contributed by atoms with E-state index in [1.54, 1.807) is 13.3 Å². The summed E-state index contributed by atoms with van der Waals surface area (Å²) >= 11 is 0. The first kappa shape index (κ1) is 20.9. The van der Waals surface area contributed by atoms with Crippen LogP contribution < -0.4 is 9.47 Å². The monoisotopic (exact) mass is 416 g/mol. The Bertz CT molecular complexity index is 1060. The molecule has 0 radical (unpaired) electrons. The molecule has 4 rings (SSSR count). The first-order valence-corrected chi connectivity index (χ1v) is 10.7. The molecule has 1 saturated heterocycles. The lowest BCUT2D eigenvalue weighted by Crippen LogP contribution is -2.48. The number of likely N-dealkylation sites (tertiary alicyclic amines) is 1. The molecule has 0 bridgehead atoms. The number of ether oxygens (including phenoxy) is 2. The lowest BCUT2D eigenvalue weighted by Gasteiger charge is -2.39. The molecular formula is C26H28N2O3. The Kier molecular flexibility index (Phi) is 6.21. The van der Waals surface area contributed by atoms with Crippen molar-refractivity contribution in [2.24, 2.45) is 0 Å². The summed E-state index contributed by atoms with van der Waals surface area (Å²) in [4.78, 5) is 18.7. The molecule has 1 amide bonds. The maximum Gasteiger partial charge on any atom is 0.272 e. The maximum atomic E-state index is 12.6. The molecule has 1 aliphatic heterocycles. The Hall–Kier alpha value is -3.34. The summed E-state index contributed by atoms with van der Waals surface area (Å²) in [7, 11) is 1.65. The van der Waals surface area contributed by atoms with E-state index in [0.29, 0.717) is 37.1 Å². The van der Waals surface area contributed by atoms with Crippen molar-refractivity contribution in [1.82, 2.24) is 9.88 Å². The zero-order valence-electron chi connectivity index (χ0n) is 18.3. The Morgan fingerprint density at radius 2 is 1.77 bits per heavy atom. The lowest BCUT2D eigenvalue weighted by atomic mass is 9.91. The number of hydrogen-bond acceptors (Lipinski definition) is 4. The third kappa shape index (κ3) is 4.71. The summed E-state index contributed by atoms with van der Waals surface area (Å²) < 4.78 is 11.6. The van der Waals surface area contributed by atoms with Crippen LogP contribution in [-0.2, 0) is 13.0 Å². The fraction of sp³-hybridized carbons (Fsp3) is 0.308. The molecule has 5 nitrogen and oxygen atoms in total. The number of carbonyl (C=O) groups excluding carboxylic acids is 1. The molecule has 0 aliphatic carbocycles. The van der Waals surface area contributed by atoms with Crippen LogP contribution in [0.2, 0.25) is 0 Å². The Morgan fingerprint density at radius 3 is 2.45 bits per heavy atom. The molecule has 2 heterocycles. The van der Waals surface area contributed by atoms with Crippen LogP contribution in [0, 0.1) is 6.92 Å². The standard InChI is InChI=1S/C26H28N2O3/c1-4-19-5-7-20(8-6-19)17-31-24-10-9-21(14-25(24)30-3)22-15-28(16-22)26(29)23-13-18(2)11-12-27-23/h5-14,22H,4,15-17H2,1-3H3. The fourth-order valence-corrected chi connectivity index (χ4v) is 3.76. The van der Waals surface area contributed by atoms with Gasteiger partial charge in [-0.2, -0.15) is 0 Å². The molecule has 2 aromatic carbocycles. The number of hydrogen-bond donors (Lipinski definition) is 0. The third-order valence-electron chi connectivity index (χ3n) is 5.79. The van der Waals surface area contributed by atoms with Gasteiger partial charge in [0.2, 0.25) is 0 Å². The SMILES string of the molecule is CCc1ccc(COc2ccc(C3CN(C(=O)c4cc(C)ccn4)C3)cc2OC)cc1. The number of nitrogens with zero attached hydrogens (tertiary/aromatic N) is 2. The molecule has 1 fully saturated rings. The van der Waals surface area contributed by atoms with Gasteiger partial charge in [-0.3, -0.25) is 9.78 Å². The molecule has 0 unspecified atom stereocenters. The summed E-state index contributed by atoms with van der Waals surface area (Å²) in [5.41, 5.74) is 5.14. The van der Waals surface area contributed by atoms with Crippen molar-refractivity contribution in [2.45, 2.75) is 32.8 Å². The highest BCUT2D eigenvalue weighted by Crippen LogP contribution is 2.35. The quantitative estimate of drug-likeness (QED) is 0.556. The van der Waals surface area contributed by atoms with Crippen LogP contribution in [0.25, 0.3) is 0 Å². The number of aryl methyl sites for hydroxylation is 2. The van der Waals surface area contributed by atoms with Crippen LogP contribution in [0.1, 0.15) is 45.6 Å². The van der Waals surface area contributed by atoms with Gasteiger partial charge in [-0.25, -0.2) is 0 Å². The average molecular weight is 417 g/mol. The largest absolute Gasteiger partial charge is 0.493 e. The third-order valence-corrected chi connectivity index (χ3v) is 5.79. The van der Waals surface area contributed by atoms with Crippen molar-refractivity contribution < 1.29 is 14.3 Å². The first-order valence-electron chi connectivity index (χ1n) is 10.7. The number of methoxy groups -OCH3 is 1. The van der Waals surface area contributed by atoms with E-state index in [1.807, 2.05) is 36.1 Å². The van der Waals surface area contributed by atoms with E-state index in [-0.39, 0.29) is 5.91 Å². The van der Waals surface area contributed by atoms with Crippen LogP contribution >= 0.6 is 0 Å². The maximum absolute atomic E-state index is 12.6. The molecule has 3 aromatic rings. The second-order valence-corrected chi connectivity index (χ2v) is 7.99. The summed E-state index contributed by atoms with van der Waals surface area (Å²) in [5, 5.41) is 0. The summed E-state index contributed by atoms with van der Waals surface area (Å²) in [6.07, 6.45) is 2.71. The van der Waals surface area contributed by atoms with Crippen LogP contribution in [0.15, 0.2) is 60.8 Å². The Balaban J connectivity index is 1.37. The molecule has 160 valence electrons. The number of benzene rings is 2. The molecule has 1 aromatic heterocycles. The molecule has 0 N–H and O–H groups in total. The van der Waals surface area contributed by atoms with Gasteiger partial charge in [0.15, 0.2) is 11.5 Å². The van der Waals surface area contributed by atoms with Crippen molar-refractivity contribution in [3.05, 3.63) is 88.7 Å². The zero-order valence-corrected chi connectivity index (χ0v) is 18.3.